The number of benzene rings is 1. The first-order valence-corrected chi connectivity index (χ1v) is 10.3. The van der Waals surface area contributed by atoms with E-state index in [0.29, 0.717) is 16.5 Å². The highest BCUT2D eigenvalue weighted by molar-refractivity contribution is 7.92. The Hall–Kier alpha value is -0.980. The minimum Gasteiger partial charge on any atom is -0.352 e. The molecule has 1 aromatic rings. The second-order valence-corrected chi connectivity index (χ2v) is 8.88. The first-order valence-electron chi connectivity index (χ1n) is 7.73. The van der Waals surface area contributed by atoms with Crippen LogP contribution in [0, 0.1) is 5.92 Å². The minimum atomic E-state index is -3.71. The maximum absolute atomic E-state index is 12.6. The van der Waals surface area contributed by atoms with Crippen LogP contribution in [0.3, 0.4) is 0 Å². The van der Waals surface area contributed by atoms with Gasteiger partial charge in [0.25, 0.3) is 0 Å². The van der Waals surface area contributed by atoms with Gasteiger partial charge in [0.2, 0.25) is 15.9 Å². The molecule has 2 unspecified atom stereocenters. The minimum absolute atomic E-state index is 0.0732. The van der Waals surface area contributed by atoms with E-state index in [1.165, 1.54) is 18.2 Å². The highest BCUT2D eigenvalue weighted by Gasteiger charge is 2.32. The fourth-order valence-corrected chi connectivity index (χ4v) is 3.92. The van der Waals surface area contributed by atoms with Crippen molar-refractivity contribution in [2.75, 3.05) is 10.6 Å². The standard InChI is InChI=1S/C16H24Cl2N2O3S/c1-6-15(16(21)19-11(4)10(2)3)20(24(5,22)23)14-8-12(17)7-13(18)9-14/h7-11,15H,6H2,1-5H3,(H,19,21). The summed E-state index contributed by atoms with van der Waals surface area (Å²) in [4.78, 5) is 12.6. The van der Waals surface area contributed by atoms with E-state index >= 15 is 0 Å². The van der Waals surface area contributed by atoms with Gasteiger partial charge in [-0.05, 0) is 37.5 Å². The van der Waals surface area contributed by atoms with Crippen LogP contribution in [0.5, 0.6) is 0 Å². The monoisotopic (exact) mass is 394 g/mol. The van der Waals surface area contributed by atoms with Gasteiger partial charge in [-0.15, -0.1) is 0 Å². The quantitative estimate of drug-likeness (QED) is 0.766. The summed E-state index contributed by atoms with van der Waals surface area (Å²) >= 11 is 12.0. The van der Waals surface area contributed by atoms with Crippen LogP contribution in [0.2, 0.25) is 10.0 Å². The Morgan fingerprint density at radius 1 is 1.17 bits per heavy atom. The zero-order valence-corrected chi connectivity index (χ0v) is 16.8. The molecular weight excluding hydrogens is 371 g/mol. The molecule has 0 spiro atoms. The van der Waals surface area contributed by atoms with Gasteiger partial charge in [-0.3, -0.25) is 9.10 Å². The van der Waals surface area contributed by atoms with Gasteiger partial charge in [-0.25, -0.2) is 8.42 Å². The third-order valence-electron chi connectivity index (χ3n) is 3.80. The lowest BCUT2D eigenvalue weighted by Gasteiger charge is -2.31. The summed E-state index contributed by atoms with van der Waals surface area (Å²) in [5.41, 5.74) is 0.272. The largest absolute Gasteiger partial charge is 0.352 e. The molecule has 0 aromatic heterocycles. The van der Waals surface area contributed by atoms with Crippen molar-refractivity contribution in [3.8, 4) is 0 Å². The summed E-state index contributed by atoms with van der Waals surface area (Å²) in [5.74, 6) is -0.112. The number of carbonyl (C=O) groups excluding carboxylic acids is 1. The normalized spacial score (nSPS) is 14.3. The van der Waals surface area contributed by atoms with Crippen molar-refractivity contribution in [2.24, 2.45) is 5.92 Å². The van der Waals surface area contributed by atoms with Crippen LogP contribution < -0.4 is 9.62 Å². The van der Waals surface area contributed by atoms with Crippen molar-refractivity contribution in [3.05, 3.63) is 28.2 Å². The number of anilines is 1. The van der Waals surface area contributed by atoms with Gasteiger partial charge >= 0.3 is 0 Å². The molecule has 5 nitrogen and oxygen atoms in total. The van der Waals surface area contributed by atoms with Crippen molar-refractivity contribution in [3.63, 3.8) is 0 Å². The van der Waals surface area contributed by atoms with E-state index in [1.54, 1.807) is 6.92 Å². The number of sulfonamides is 1. The third-order valence-corrected chi connectivity index (χ3v) is 5.42. The topological polar surface area (TPSA) is 66.5 Å². The summed E-state index contributed by atoms with van der Waals surface area (Å²) < 4.78 is 25.8. The molecule has 0 aliphatic heterocycles. The Balaban J connectivity index is 3.30. The zero-order chi connectivity index (χ0) is 18.7. The molecule has 0 fully saturated rings. The Labute approximate surface area is 154 Å². The number of amides is 1. The average molecular weight is 395 g/mol. The van der Waals surface area contributed by atoms with Crippen LogP contribution in [0.1, 0.15) is 34.1 Å². The molecule has 1 amide bonds. The number of nitrogens with one attached hydrogen (secondary N) is 1. The molecule has 0 aliphatic rings. The molecule has 0 heterocycles. The summed E-state index contributed by atoms with van der Waals surface area (Å²) in [7, 11) is -3.71. The molecule has 0 bridgehead atoms. The predicted octanol–water partition coefficient (Wildman–Crippen LogP) is 3.70. The molecule has 1 rings (SSSR count). The van der Waals surface area contributed by atoms with E-state index in [9.17, 15) is 13.2 Å². The van der Waals surface area contributed by atoms with Crippen molar-refractivity contribution < 1.29 is 13.2 Å². The maximum Gasteiger partial charge on any atom is 0.244 e. The predicted molar refractivity (Wildman–Crippen MR) is 100 cm³/mol. The van der Waals surface area contributed by atoms with Crippen molar-refractivity contribution in [1.82, 2.24) is 5.32 Å². The van der Waals surface area contributed by atoms with Gasteiger partial charge in [-0.1, -0.05) is 44.0 Å². The lowest BCUT2D eigenvalue weighted by atomic mass is 10.1. The van der Waals surface area contributed by atoms with E-state index < -0.39 is 16.1 Å². The molecule has 2 atom stereocenters. The summed E-state index contributed by atoms with van der Waals surface area (Å²) in [6.45, 7) is 7.61. The van der Waals surface area contributed by atoms with Gasteiger partial charge in [0, 0.05) is 16.1 Å². The average Bonchev–Trinajstić information content (AvgIpc) is 2.41. The molecule has 0 saturated heterocycles. The highest BCUT2D eigenvalue weighted by Crippen LogP contribution is 2.29. The van der Waals surface area contributed by atoms with Gasteiger partial charge in [0.1, 0.15) is 6.04 Å². The van der Waals surface area contributed by atoms with E-state index in [2.05, 4.69) is 5.32 Å². The molecule has 1 aromatic carbocycles. The lowest BCUT2D eigenvalue weighted by Crippen LogP contribution is -2.52. The summed E-state index contributed by atoms with van der Waals surface area (Å²) in [6.07, 6.45) is 1.37. The second kappa shape index (κ2) is 8.41. The fraction of sp³-hybridized carbons (Fsp3) is 0.562. The summed E-state index contributed by atoms with van der Waals surface area (Å²) in [5, 5.41) is 3.48. The molecule has 24 heavy (non-hydrogen) atoms. The molecule has 0 radical (unpaired) electrons. The van der Waals surface area contributed by atoms with Gasteiger partial charge in [0.15, 0.2) is 0 Å². The Morgan fingerprint density at radius 3 is 2.04 bits per heavy atom. The Bertz CT molecular complexity index is 672. The van der Waals surface area contributed by atoms with Crippen molar-refractivity contribution in [2.45, 2.75) is 46.2 Å². The molecule has 0 aliphatic carbocycles. The number of hydrogen-bond acceptors (Lipinski definition) is 3. The first kappa shape index (κ1) is 21.1. The van der Waals surface area contributed by atoms with Crippen molar-refractivity contribution in [1.29, 1.82) is 0 Å². The zero-order valence-electron chi connectivity index (χ0n) is 14.5. The molecule has 8 heteroatoms. The number of halogens is 2. The van der Waals surface area contributed by atoms with Crippen LogP contribution in [-0.4, -0.2) is 32.7 Å². The van der Waals surface area contributed by atoms with Crippen molar-refractivity contribution >= 4 is 44.8 Å². The number of nitrogens with zero attached hydrogens (tertiary/aromatic N) is 1. The third kappa shape index (κ3) is 5.53. The maximum atomic E-state index is 12.6. The first-order chi connectivity index (χ1) is 11.0. The second-order valence-electron chi connectivity index (χ2n) is 6.15. The van der Waals surface area contributed by atoms with E-state index in [0.717, 1.165) is 10.6 Å². The number of hydrogen-bond donors (Lipinski definition) is 1. The lowest BCUT2D eigenvalue weighted by molar-refractivity contribution is -0.123. The van der Waals surface area contributed by atoms with Gasteiger partial charge in [0.05, 0.1) is 11.9 Å². The van der Waals surface area contributed by atoms with Crippen LogP contribution >= 0.6 is 23.2 Å². The molecular formula is C16H24Cl2N2O3S. The van der Waals surface area contributed by atoms with Crippen LogP contribution in [0.25, 0.3) is 0 Å². The van der Waals surface area contributed by atoms with Crippen LogP contribution in [0.15, 0.2) is 18.2 Å². The Kier molecular flexibility index (Phi) is 7.38. The number of rotatable bonds is 7. The van der Waals surface area contributed by atoms with Crippen LogP contribution in [-0.2, 0) is 14.8 Å². The van der Waals surface area contributed by atoms with Gasteiger partial charge in [-0.2, -0.15) is 0 Å². The van der Waals surface area contributed by atoms with E-state index in [1.807, 2.05) is 20.8 Å². The number of carbonyl (C=O) groups is 1. The van der Waals surface area contributed by atoms with Gasteiger partial charge < -0.3 is 5.32 Å². The van der Waals surface area contributed by atoms with E-state index in [-0.39, 0.29) is 23.6 Å². The summed E-state index contributed by atoms with van der Waals surface area (Å²) in [6, 6.07) is 3.52. The fourth-order valence-electron chi connectivity index (χ4n) is 2.21. The molecule has 136 valence electrons. The molecule has 1 N–H and O–H groups in total. The highest BCUT2D eigenvalue weighted by atomic mass is 35.5. The molecule has 0 saturated carbocycles. The van der Waals surface area contributed by atoms with Crippen LogP contribution in [0.4, 0.5) is 5.69 Å². The SMILES string of the molecule is CCC(C(=O)NC(C)C(C)C)N(c1cc(Cl)cc(Cl)c1)S(C)(=O)=O. The smallest absolute Gasteiger partial charge is 0.244 e. The van der Waals surface area contributed by atoms with E-state index in [4.69, 9.17) is 23.2 Å². The Morgan fingerprint density at radius 2 is 1.67 bits per heavy atom.